The molecule has 1 atom stereocenters. The van der Waals surface area contributed by atoms with Gasteiger partial charge in [0.25, 0.3) is 0 Å². The first-order chi connectivity index (χ1) is 9.69. The van der Waals surface area contributed by atoms with E-state index >= 15 is 0 Å². The molecule has 20 heavy (non-hydrogen) atoms. The molecule has 2 aromatic rings. The molecule has 0 radical (unpaired) electrons. The van der Waals surface area contributed by atoms with Gasteiger partial charge in [-0.1, -0.05) is 33.1 Å². The van der Waals surface area contributed by atoms with Gasteiger partial charge < -0.3 is 9.55 Å². The Balaban J connectivity index is 2.35. The Labute approximate surface area is 125 Å². The second-order valence-electron chi connectivity index (χ2n) is 5.30. The number of unbranched alkanes of at least 4 members (excludes halogenated alkanes) is 1. The maximum atomic E-state index is 9.04. The van der Waals surface area contributed by atoms with Crippen molar-refractivity contribution in [3.63, 3.8) is 0 Å². The molecule has 0 aliphatic rings. The number of nitrogens with one attached hydrogen (secondary N) is 1. The van der Waals surface area contributed by atoms with Gasteiger partial charge in [0.15, 0.2) is 4.77 Å². The van der Waals surface area contributed by atoms with E-state index in [1.807, 2.05) is 18.2 Å². The monoisotopic (exact) mass is 287 g/mol. The zero-order valence-electron chi connectivity index (χ0n) is 12.1. The topological polar surface area (TPSA) is 44.5 Å². The van der Waals surface area contributed by atoms with E-state index in [2.05, 4.69) is 29.5 Å². The lowest BCUT2D eigenvalue weighted by molar-refractivity contribution is 0.393. The maximum absolute atomic E-state index is 9.04. The summed E-state index contributed by atoms with van der Waals surface area (Å²) < 4.78 is 2.90. The number of nitriles is 1. The van der Waals surface area contributed by atoms with Crippen LogP contribution in [-0.4, -0.2) is 9.55 Å². The van der Waals surface area contributed by atoms with Gasteiger partial charge in [-0.3, -0.25) is 0 Å². The average Bonchev–Trinajstić information content (AvgIpc) is 2.78. The van der Waals surface area contributed by atoms with Crippen LogP contribution >= 0.6 is 12.2 Å². The summed E-state index contributed by atoms with van der Waals surface area (Å²) in [4.78, 5) is 3.23. The molecule has 0 saturated heterocycles. The quantitative estimate of drug-likeness (QED) is 0.776. The zero-order valence-corrected chi connectivity index (χ0v) is 13.0. The fourth-order valence-electron chi connectivity index (χ4n) is 2.58. The van der Waals surface area contributed by atoms with Gasteiger partial charge in [-0.2, -0.15) is 5.26 Å². The van der Waals surface area contributed by atoms with Crippen molar-refractivity contribution in [2.45, 2.75) is 46.1 Å². The van der Waals surface area contributed by atoms with Crippen LogP contribution in [0, 0.1) is 22.0 Å². The third-order valence-corrected chi connectivity index (χ3v) is 4.21. The van der Waals surface area contributed by atoms with Crippen molar-refractivity contribution in [1.29, 1.82) is 5.26 Å². The van der Waals surface area contributed by atoms with Crippen LogP contribution in [0.15, 0.2) is 18.2 Å². The highest BCUT2D eigenvalue weighted by Gasteiger charge is 2.11. The number of aromatic amines is 1. The fourth-order valence-corrected chi connectivity index (χ4v) is 2.86. The predicted octanol–water partition coefficient (Wildman–Crippen LogP) is 4.79. The highest BCUT2D eigenvalue weighted by molar-refractivity contribution is 7.71. The third-order valence-electron chi connectivity index (χ3n) is 3.89. The first kappa shape index (κ1) is 14.8. The minimum Gasteiger partial charge on any atom is -0.331 e. The molecule has 1 N–H and O–H groups in total. The Morgan fingerprint density at radius 2 is 2.20 bits per heavy atom. The Kier molecular flexibility index (Phi) is 4.97. The van der Waals surface area contributed by atoms with E-state index in [0.717, 1.165) is 28.8 Å². The number of hydrogen-bond acceptors (Lipinski definition) is 2. The molecule has 106 valence electrons. The van der Waals surface area contributed by atoms with Crippen molar-refractivity contribution < 1.29 is 0 Å². The summed E-state index contributed by atoms with van der Waals surface area (Å²) >= 11 is 5.44. The highest BCUT2D eigenvalue weighted by Crippen LogP contribution is 2.21. The molecule has 1 aromatic heterocycles. The summed E-state index contributed by atoms with van der Waals surface area (Å²) in [5, 5.41) is 9.04. The van der Waals surface area contributed by atoms with Crippen LogP contribution in [0.5, 0.6) is 0 Å². The number of nitrogens with zero attached hydrogens (tertiary/aromatic N) is 2. The Bertz CT molecular complexity index is 675. The van der Waals surface area contributed by atoms with E-state index in [9.17, 15) is 0 Å². The Morgan fingerprint density at radius 1 is 1.40 bits per heavy atom. The highest BCUT2D eigenvalue weighted by atomic mass is 32.1. The molecule has 0 saturated carbocycles. The van der Waals surface area contributed by atoms with E-state index in [4.69, 9.17) is 17.5 Å². The molecule has 0 fully saturated rings. The van der Waals surface area contributed by atoms with E-state index in [0.29, 0.717) is 11.5 Å². The summed E-state index contributed by atoms with van der Waals surface area (Å²) in [6.45, 7) is 5.40. The summed E-state index contributed by atoms with van der Waals surface area (Å²) in [6.07, 6.45) is 4.89. The van der Waals surface area contributed by atoms with E-state index in [1.54, 1.807) is 0 Å². The van der Waals surface area contributed by atoms with Gasteiger partial charge in [0.2, 0.25) is 0 Å². The van der Waals surface area contributed by atoms with Gasteiger partial charge in [-0.15, -0.1) is 0 Å². The molecule has 0 aliphatic carbocycles. The number of fused-ring (bicyclic) bond motifs is 1. The first-order valence-electron chi connectivity index (χ1n) is 7.32. The van der Waals surface area contributed by atoms with E-state index < -0.39 is 0 Å². The van der Waals surface area contributed by atoms with Gasteiger partial charge in [-0.25, -0.2) is 0 Å². The van der Waals surface area contributed by atoms with Gasteiger partial charge >= 0.3 is 0 Å². The van der Waals surface area contributed by atoms with Crippen LogP contribution in [0.2, 0.25) is 0 Å². The molecule has 1 heterocycles. The van der Waals surface area contributed by atoms with Gasteiger partial charge in [0, 0.05) is 6.54 Å². The second kappa shape index (κ2) is 6.71. The molecule has 3 nitrogen and oxygen atoms in total. The van der Waals surface area contributed by atoms with Crippen LogP contribution in [-0.2, 0) is 6.54 Å². The van der Waals surface area contributed by atoms with Crippen molar-refractivity contribution in [1.82, 2.24) is 9.55 Å². The van der Waals surface area contributed by atoms with Crippen LogP contribution < -0.4 is 0 Å². The molecule has 0 amide bonds. The summed E-state index contributed by atoms with van der Waals surface area (Å²) in [5.41, 5.74) is 2.74. The molecular weight excluding hydrogens is 266 g/mol. The number of rotatable bonds is 6. The van der Waals surface area contributed by atoms with E-state index in [1.165, 1.54) is 19.3 Å². The van der Waals surface area contributed by atoms with Crippen molar-refractivity contribution in [2.24, 2.45) is 5.92 Å². The summed E-state index contributed by atoms with van der Waals surface area (Å²) in [6, 6.07) is 7.88. The molecule has 4 heteroatoms. The molecule has 0 bridgehead atoms. The molecule has 1 aromatic carbocycles. The van der Waals surface area contributed by atoms with Crippen LogP contribution in [0.4, 0.5) is 0 Å². The lowest BCUT2D eigenvalue weighted by Crippen LogP contribution is -2.10. The normalized spacial score (nSPS) is 12.4. The third kappa shape index (κ3) is 3.10. The van der Waals surface area contributed by atoms with Crippen LogP contribution in [0.3, 0.4) is 0 Å². The van der Waals surface area contributed by atoms with Gasteiger partial charge in [0.05, 0.1) is 22.7 Å². The SMILES string of the molecule is CCCCC(CC)Cn1c(=S)[nH]c2ccc(C#N)cc21. The minimum atomic E-state index is 0.645. The maximum Gasteiger partial charge on any atom is 0.178 e. The number of hydrogen-bond donors (Lipinski definition) is 1. The van der Waals surface area contributed by atoms with Crippen LogP contribution in [0.1, 0.15) is 45.1 Å². The average molecular weight is 287 g/mol. The fraction of sp³-hybridized carbons (Fsp3) is 0.500. The number of benzene rings is 1. The molecule has 0 aliphatic heterocycles. The predicted molar refractivity (Wildman–Crippen MR) is 85.1 cm³/mol. The standard InChI is InChI=1S/C16H21N3S/c1-3-5-6-12(4-2)11-19-15-9-13(10-17)7-8-14(15)18-16(19)20/h7-9,12H,3-6,11H2,1-2H3,(H,18,20). The minimum absolute atomic E-state index is 0.645. The lowest BCUT2D eigenvalue weighted by Gasteiger charge is -2.15. The van der Waals surface area contributed by atoms with Crippen molar-refractivity contribution in [2.75, 3.05) is 0 Å². The largest absolute Gasteiger partial charge is 0.331 e. The molecular formula is C16H21N3S. The zero-order chi connectivity index (χ0) is 14.5. The second-order valence-corrected chi connectivity index (χ2v) is 5.69. The number of aromatic nitrogens is 2. The van der Waals surface area contributed by atoms with Gasteiger partial charge in [-0.05, 0) is 42.8 Å². The summed E-state index contributed by atoms with van der Waals surface area (Å²) in [7, 11) is 0. The first-order valence-corrected chi connectivity index (χ1v) is 7.73. The van der Waals surface area contributed by atoms with Crippen molar-refractivity contribution in [3.8, 4) is 6.07 Å². The van der Waals surface area contributed by atoms with Crippen molar-refractivity contribution in [3.05, 3.63) is 28.5 Å². The number of imidazole rings is 1. The molecule has 0 spiro atoms. The molecule has 2 rings (SSSR count). The Morgan fingerprint density at radius 3 is 2.85 bits per heavy atom. The molecule has 1 unspecified atom stereocenters. The summed E-state index contributed by atoms with van der Waals surface area (Å²) in [5.74, 6) is 0.645. The van der Waals surface area contributed by atoms with Crippen LogP contribution in [0.25, 0.3) is 11.0 Å². The Hall–Kier alpha value is -1.60. The smallest absolute Gasteiger partial charge is 0.178 e. The number of H-pyrrole nitrogens is 1. The van der Waals surface area contributed by atoms with E-state index in [-0.39, 0.29) is 0 Å². The van der Waals surface area contributed by atoms with Crippen molar-refractivity contribution >= 4 is 23.3 Å². The lowest BCUT2D eigenvalue weighted by atomic mass is 9.99. The van der Waals surface area contributed by atoms with Gasteiger partial charge in [0.1, 0.15) is 0 Å².